The number of nitrogens with zero attached hydrogens (tertiary/aromatic N) is 1. The second kappa shape index (κ2) is 11.3. The van der Waals surface area contributed by atoms with E-state index in [0.29, 0.717) is 26.3 Å². The number of rotatable bonds is 8. The lowest BCUT2D eigenvalue weighted by Gasteiger charge is -2.14. The Bertz CT molecular complexity index is 1280. The van der Waals surface area contributed by atoms with Gasteiger partial charge in [0.1, 0.15) is 24.1 Å². The lowest BCUT2D eigenvalue weighted by Crippen LogP contribution is -2.13. The summed E-state index contributed by atoms with van der Waals surface area (Å²) in [7, 11) is 1.47. The summed E-state index contributed by atoms with van der Waals surface area (Å²) in [6.45, 7) is 0.185. The van der Waals surface area contributed by atoms with E-state index in [4.69, 9.17) is 14.6 Å². The number of carboxylic acid groups (broad SMARTS) is 1. The molecule has 2 N–H and O–H groups in total. The predicted octanol–water partition coefficient (Wildman–Crippen LogP) is 5.26. The lowest BCUT2D eigenvalue weighted by molar-refractivity contribution is -0.112. The smallest absolute Gasteiger partial charge is 0.335 e. The second-order valence-corrected chi connectivity index (χ2v) is 8.12. The molecule has 172 valence electrons. The number of benzene rings is 3. The van der Waals surface area contributed by atoms with E-state index in [1.165, 1.54) is 49.6 Å². The van der Waals surface area contributed by atoms with Crippen LogP contribution >= 0.6 is 22.6 Å². The van der Waals surface area contributed by atoms with Crippen molar-refractivity contribution in [2.24, 2.45) is 0 Å². The molecule has 0 heterocycles. The van der Waals surface area contributed by atoms with Gasteiger partial charge in [-0.2, -0.15) is 5.26 Å². The zero-order chi connectivity index (χ0) is 24.7. The zero-order valence-electron chi connectivity index (χ0n) is 17.8. The average Bonchev–Trinajstić information content (AvgIpc) is 2.83. The lowest BCUT2D eigenvalue weighted by atomic mass is 10.1. The molecule has 0 bridgehead atoms. The van der Waals surface area contributed by atoms with E-state index in [1.54, 1.807) is 24.3 Å². The maximum atomic E-state index is 13.1. The van der Waals surface area contributed by atoms with Crippen molar-refractivity contribution in [2.75, 3.05) is 12.4 Å². The zero-order valence-corrected chi connectivity index (χ0v) is 20.0. The fourth-order valence-electron chi connectivity index (χ4n) is 2.91. The first-order valence-electron chi connectivity index (χ1n) is 9.82. The van der Waals surface area contributed by atoms with Crippen LogP contribution in [0.25, 0.3) is 6.08 Å². The van der Waals surface area contributed by atoms with E-state index in [-0.39, 0.29) is 17.7 Å². The molecule has 0 radical (unpaired) electrons. The largest absolute Gasteiger partial charge is 0.493 e. The molecule has 0 fully saturated rings. The van der Waals surface area contributed by atoms with Gasteiger partial charge in [0.15, 0.2) is 11.5 Å². The Labute approximate surface area is 208 Å². The molecular formula is C25H18FIN2O5. The van der Waals surface area contributed by atoms with Crippen LogP contribution in [0.2, 0.25) is 0 Å². The van der Waals surface area contributed by atoms with Gasteiger partial charge in [0.2, 0.25) is 0 Å². The van der Waals surface area contributed by atoms with Gasteiger partial charge in [-0.25, -0.2) is 9.18 Å². The SMILES string of the molecule is COc1cc(/C=C(\C#N)C(=O)Nc2ccc(F)cc2)cc(I)c1OCc1ccc(C(=O)O)cc1. The van der Waals surface area contributed by atoms with Gasteiger partial charge in [-0.1, -0.05) is 12.1 Å². The molecule has 0 saturated carbocycles. The molecule has 0 atom stereocenters. The van der Waals surface area contributed by atoms with Gasteiger partial charge in [0, 0.05) is 5.69 Å². The maximum Gasteiger partial charge on any atom is 0.335 e. The van der Waals surface area contributed by atoms with E-state index in [9.17, 15) is 19.2 Å². The second-order valence-electron chi connectivity index (χ2n) is 6.96. The molecule has 7 nitrogen and oxygen atoms in total. The standard InChI is InChI=1S/C25H18FIN2O5/c1-33-22-12-16(10-18(13-28)24(30)29-20-8-6-19(26)7-9-20)11-21(27)23(22)34-14-15-2-4-17(5-3-15)25(31)32/h2-12H,14H2,1H3,(H,29,30)(H,31,32)/b18-10+. The summed E-state index contributed by atoms with van der Waals surface area (Å²) < 4.78 is 25.1. The highest BCUT2D eigenvalue weighted by Gasteiger charge is 2.14. The first kappa shape index (κ1) is 24.7. The number of ether oxygens (including phenoxy) is 2. The molecule has 0 unspecified atom stereocenters. The van der Waals surface area contributed by atoms with Crippen molar-refractivity contribution in [3.8, 4) is 17.6 Å². The fourth-order valence-corrected chi connectivity index (χ4v) is 3.69. The molecule has 9 heteroatoms. The number of anilines is 1. The first-order valence-corrected chi connectivity index (χ1v) is 10.9. The number of nitrogens with one attached hydrogen (secondary N) is 1. The highest BCUT2D eigenvalue weighted by atomic mass is 127. The molecule has 3 aromatic rings. The minimum atomic E-state index is -1.00. The number of halogens is 2. The van der Waals surface area contributed by atoms with Crippen LogP contribution in [0.15, 0.2) is 66.2 Å². The fraction of sp³-hybridized carbons (Fsp3) is 0.0800. The normalized spacial score (nSPS) is 10.8. The molecule has 0 spiro atoms. The summed E-state index contributed by atoms with van der Waals surface area (Å²) in [5, 5.41) is 21.0. The number of amides is 1. The summed E-state index contributed by atoms with van der Waals surface area (Å²) in [6, 6.07) is 16.8. The van der Waals surface area contributed by atoms with Crippen molar-refractivity contribution in [1.29, 1.82) is 5.26 Å². The van der Waals surface area contributed by atoms with Crippen LogP contribution in [0.5, 0.6) is 11.5 Å². The van der Waals surface area contributed by atoms with Crippen molar-refractivity contribution in [1.82, 2.24) is 0 Å². The van der Waals surface area contributed by atoms with Crippen LogP contribution in [0.4, 0.5) is 10.1 Å². The molecule has 3 rings (SSSR count). The van der Waals surface area contributed by atoms with E-state index in [2.05, 4.69) is 27.9 Å². The van der Waals surface area contributed by atoms with E-state index >= 15 is 0 Å². The van der Waals surface area contributed by atoms with E-state index in [1.807, 2.05) is 6.07 Å². The van der Waals surface area contributed by atoms with Gasteiger partial charge in [0.05, 0.1) is 16.2 Å². The van der Waals surface area contributed by atoms with Crippen LogP contribution in [0, 0.1) is 20.7 Å². The highest BCUT2D eigenvalue weighted by Crippen LogP contribution is 2.35. The van der Waals surface area contributed by atoms with E-state index < -0.39 is 17.7 Å². The van der Waals surface area contributed by atoms with Crippen LogP contribution in [-0.2, 0) is 11.4 Å². The van der Waals surface area contributed by atoms with Gasteiger partial charge in [-0.15, -0.1) is 0 Å². The minimum Gasteiger partial charge on any atom is -0.493 e. The van der Waals surface area contributed by atoms with Gasteiger partial charge in [-0.3, -0.25) is 4.79 Å². The topological polar surface area (TPSA) is 109 Å². The molecule has 0 aliphatic carbocycles. The predicted molar refractivity (Wildman–Crippen MR) is 132 cm³/mol. The van der Waals surface area contributed by atoms with Gasteiger partial charge < -0.3 is 19.9 Å². The van der Waals surface area contributed by atoms with Crippen molar-refractivity contribution in [3.05, 3.63) is 92.3 Å². The Morgan fingerprint density at radius 1 is 1.15 bits per heavy atom. The number of carboxylic acids is 1. The monoisotopic (exact) mass is 572 g/mol. The number of carbonyl (C=O) groups excluding carboxylic acids is 1. The molecule has 0 aliphatic heterocycles. The van der Waals surface area contributed by atoms with Crippen LogP contribution in [0.3, 0.4) is 0 Å². The molecular weight excluding hydrogens is 554 g/mol. The Balaban J connectivity index is 1.78. The summed E-state index contributed by atoms with van der Waals surface area (Å²) >= 11 is 2.06. The van der Waals surface area contributed by atoms with Crippen molar-refractivity contribution in [2.45, 2.75) is 6.61 Å². The van der Waals surface area contributed by atoms with Crippen LogP contribution in [0.1, 0.15) is 21.5 Å². The number of hydrogen-bond donors (Lipinski definition) is 2. The first-order chi connectivity index (χ1) is 16.3. The number of methoxy groups -OCH3 is 1. The summed E-state index contributed by atoms with van der Waals surface area (Å²) in [6.07, 6.45) is 1.41. The minimum absolute atomic E-state index is 0.144. The van der Waals surface area contributed by atoms with Crippen molar-refractivity contribution in [3.63, 3.8) is 0 Å². The molecule has 34 heavy (non-hydrogen) atoms. The number of aromatic carboxylic acids is 1. The van der Waals surface area contributed by atoms with Crippen LogP contribution < -0.4 is 14.8 Å². The summed E-state index contributed by atoms with van der Waals surface area (Å²) in [5.41, 5.74) is 1.72. The van der Waals surface area contributed by atoms with Crippen molar-refractivity contribution < 1.29 is 28.6 Å². The van der Waals surface area contributed by atoms with Gasteiger partial charge >= 0.3 is 5.97 Å². The summed E-state index contributed by atoms with van der Waals surface area (Å²) in [4.78, 5) is 23.5. The third-order valence-corrected chi connectivity index (χ3v) is 5.42. The Morgan fingerprint density at radius 2 is 1.82 bits per heavy atom. The van der Waals surface area contributed by atoms with E-state index in [0.717, 1.165) is 5.56 Å². The van der Waals surface area contributed by atoms with Crippen molar-refractivity contribution >= 4 is 46.2 Å². The molecule has 1 amide bonds. The van der Waals surface area contributed by atoms with Crippen LogP contribution in [-0.4, -0.2) is 24.1 Å². The third kappa shape index (κ3) is 6.32. The Morgan fingerprint density at radius 3 is 2.41 bits per heavy atom. The maximum absolute atomic E-state index is 13.1. The summed E-state index contributed by atoms with van der Waals surface area (Å²) in [5.74, 6) is -1.20. The van der Waals surface area contributed by atoms with Gasteiger partial charge in [-0.05, 0) is 88.3 Å². The molecule has 0 aliphatic rings. The number of nitriles is 1. The Hall–Kier alpha value is -3.91. The molecule has 0 saturated heterocycles. The third-order valence-electron chi connectivity index (χ3n) is 4.61. The Kier molecular flexibility index (Phi) is 8.21. The quantitative estimate of drug-likeness (QED) is 0.217. The molecule has 3 aromatic carbocycles. The molecule has 0 aromatic heterocycles. The number of carbonyl (C=O) groups is 2. The van der Waals surface area contributed by atoms with Gasteiger partial charge in [0.25, 0.3) is 5.91 Å². The highest BCUT2D eigenvalue weighted by molar-refractivity contribution is 14.1. The number of hydrogen-bond acceptors (Lipinski definition) is 5. The average molecular weight is 572 g/mol.